The number of nitrogens with zero attached hydrogens (tertiary/aromatic N) is 4. The summed E-state index contributed by atoms with van der Waals surface area (Å²) < 4.78 is 0. The van der Waals surface area contributed by atoms with Crippen LogP contribution in [-0.4, -0.2) is 58.4 Å². The van der Waals surface area contributed by atoms with E-state index in [4.69, 9.17) is 0 Å². The molecule has 1 saturated carbocycles. The van der Waals surface area contributed by atoms with Crippen LogP contribution in [0.25, 0.3) is 0 Å². The van der Waals surface area contributed by atoms with E-state index in [-0.39, 0.29) is 0 Å². The molecular weight excluding hydrogens is 354 g/mol. The van der Waals surface area contributed by atoms with Crippen LogP contribution in [0.4, 0.5) is 23.1 Å². The maximum absolute atomic E-state index is 10.0. The average molecular weight is 384 g/mol. The Morgan fingerprint density at radius 1 is 1.11 bits per heavy atom. The Hall–Kier alpha value is -2.45. The number of hydrogen-bond acceptors (Lipinski definition) is 8. The van der Waals surface area contributed by atoms with E-state index in [0.717, 1.165) is 43.4 Å². The van der Waals surface area contributed by atoms with Crippen LogP contribution < -0.4 is 20.9 Å². The Balaban J connectivity index is 1.54. The van der Waals surface area contributed by atoms with Gasteiger partial charge in [0.1, 0.15) is 17.5 Å². The van der Waals surface area contributed by atoms with Crippen molar-refractivity contribution in [3.63, 3.8) is 0 Å². The van der Waals surface area contributed by atoms with Gasteiger partial charge in [0.25, 0.3) is 0 Å². The van der Waals surface area contributed by atoms with Gasteiger partial charge in [-0.25, -0.2) is 9.97 Å². The molecule has 3 heterocycles. The summed E-state index contributed by atoms with van der Waals surface area (Å²) in [5.41, 5.74) is 1.35. The molecular formula is C20H29N7O. The van der Waals surface area contributed by atoms with Gasteiger partial charge in [-0.05, 0) is 26.7 Å². The molecule has 2 fully saturated rings. The molecule has 2 aromatic rings. The summed E-state index contributed by atoms with van der Waals surface area (Å²) >= 11 is 0. The van der Waals surface area contributed by atoms with Crippen LogP contribution in [0.15, 0.2) is 24.5 Å². The molecule has 0 atom stereocenters. The van der Waals surface area contributed by atoms with Gasteiger partial charge in [-0.1, -0.05) is 0 Å². The van der Waals surface area contributed by atoms with Crippen molar-refractivity contribution in [3.8, 4) is 0 Å². The van der Waals surface area contributed by atoms with E-state index in [9.17, 15) is 5.11 Å². The lowest BCUT2D eigenvalue weighted by molar-refractivity contribution is 0.0944. The molecule has 0 amide bonds. The lowest BCUT2D eigenvalue weighted by atomic mass is 10.1. The van der Waals surface area contributed by atoms with Crippen LogP contribution in [0.3, 0.4) is 0 Å². The molecule has 0 aromatic carbocycles. The van der Waals surface area contributed by atoms with Crippen molar-refractivity contribution in [1.29, 1.82) is 0 Å². The SMILES string of the molecule is CC(C)(O)CNc1cc(N2CCNCC2)cc(Nc2cnc(C3CC3)cn2)n1. The topological polar surface area (TPSA) is 98.2 Å². The van der Waals surface area contributed by atoms with E-state index < -0.39 is 5.60 Å². The largest absolute Gasteiger partial charge is 0.389 e. The third kappa shape index (κ3) is 5.08. The van der Waals surface area contributed by atoms with Gasteiger partial charge in [0, 0.05) is 56.5 Å². The number of pyridine rings is 1. The second-order valence-corrected chi connectivity index (χ2v) is 8.22. The van der Waals surface area contributed by atoms with Crippen LogP contribution >= 0.6 is 0 Å². The van der Waals surface area contributed by atoms with Crippen LogP contribution in [0.2, 0.25) is 0 Å². The fraction of sp³-hybridized carbons (Fsp3) is 0.550. The molecule has 2 aromatic heterocycles. The highest BCUT2D eigenvalue weighted by Gasteiger charge is 2.25. The fourth-order valence-electron chi connectivity index (χ4n) is 3.21. The van der Waals surface area contributed by atoms with E-state index in [1.807, 2.05) is 18.3 Å². The molecule has 0 spiro atoms. The number of hydrogen-bond donors (Lipinski definition) is 4. The highest BCUT2D eigenvalue weighted by molar-refractivity contribution is 5.65. The minimum Gasteiger partial charge on any atom is -0.389 e. The monoisotopic (exact) mass is 383 g/mol. The zero-order valence-corrected chi connectivity index (χ0v) is 16.6. The Morgan fingerprint density at radius 3 is 2.50 bits per heavy atom. The molecule has 2 aliphatic rings. The number of anilines is 4. The van der Waals surface area contributed by atoms with Crippen molar-refractivity contribution in [3.05, 3.63) is 30.2 Å². The quantitative estimate of drug-likeness (QED) is 0.577. The van der Waals surface area contributed by atoms with Gasteiger partial charge >= 0.3 is 0 Å². The van der Waals surface area contributed by atoms with Gasteiger partial charge in [-0.15, -0.1) is 0 Å². The number of piperazine rings is 1. The smallest absolute Gasteiger partial charge is 0.150 e. The highest BCUT2D eigenvalue weighted by atomic mass is 16.3. The summed E-state index contributed by atoms with van der Waals surface area (Å²) in [4.78, 5) is 16.0. The summed E-state index contributed by atoms with van der Waals surface area (Å²) in [6, 6.07) is 4.07. The molecule has 0 bridgehead atoms. The lowest BCUT2D eigenvalue weighted by Crippen LogP contribution is -2.43. The standard InChI is InChI=1S/C20H29N7O/c1-20(2,28)13-24-17-9-15(27-7-5-21-6-8-27)10-18(25-17)26-19-12-22-16(11-23-19)14-3-4-14/h9-12,14,21,28H,3-8,13H2,1-2H3,(H2,23,24,25,26). The van der Waals surface area contributed by atoms with Gasteiger partial charge in [0.15, 0.2) is 0 Å². The Labute approximate surface area is 165 Å². The van der Waals surface area contributed by atoms with Crippen LogP contribution in [0.1, 0.15) is 38.3 Å². The van der Waals surface area contributed by atoms with Crippen LogP contribution in [-0.2, 0) is 0 Å². The minimum atomic E-state index is -0.815. The Kier molecular flexibility index (Phi) is 5.32. The maximum atomic E-state index is 10.0. The van der Waals surface area contributed by atoms with E-state index in [1.165, 1.54) is 12.8 Å². The summed E-state index contributed by atoms with van der Waals surface area (Å²) in [6.07, 6.45) is 6.06. The molecule has 1 aliphatic heterocycles. The molecule has 0 radical (unpaired) electrons. The molecule has 1 aliphatic carbocycles. The van der Waals surface area contributed by atoms with Gasteiger partial charge < -0.3 is 26.0 Å². The lowest BCUT2D eigenvalue weighted by Gasteiger charge is -2.30. The van der Waals surface area contributed by atoms with Crippen molar-refractivity contribution < 1.29 is 5.11 Å². The number of rotatable bonds is 7. The predicted molar refractivity (Wildman–Crippen MR) is 111 cm³/mol. The first kappa shape index (κ1) is 18.9. The molecule has 8 heteroatoms. The first-order valence-corrected chi connectivity index (χ1v) is 9.99. The van der Waals surface area contributed by atoms with E-state index in [2.05, 4.69) is 35.8 Å². The van der Waals surface area contributed by atoms with Crippen molar-refractivity contribution in [2.24, 2.45) is 0 Å². The normalized spacial score (nSPS) is 17.5. The van der Waals surface area contributed by atoms with Crippen LogP contribution in [0, 0.1) is 0 Å². The van der Waals surface area contributed by atoms with Crippen LogP contribution in [0.5, 0.6) is 0 Å². The van der Waals surface area contributed by atoms with E-state index in [0.29, 0.717) is 24.1 Å². The first-order chi connectivity index (χ1) is 13.5. The van der Waals surface area contributed by atoms with Crippen molar-refractivity contribution >= 4 is 23.1 Å². The Morgan fingerprint density at radius 2 is 1.86 bits per heavy atom. The fourth-order valence-corrected chi connectivity index (χ4v) is 3.21. The van der Waals surface area contributed by atoms with Gasteiger partial charge in [0.2, 0.25) is 0 Å². The molecule has 8 nitrogen and oxygen atoms in total. The van der Waals surface area contributed by atoms with Gasteiger partial charge in [-0.3, -0.25) is 4.98 Å². The molecule has 4 N–H and O–H groups in total. The number of aliphatic hydroxyl groups is 1. The maximum Gasteiger partial charge on any atom is 0.150 e. The highest BCUT2D eigenvalue weighted by Crippen LogP contribution is 2.38. The Bertz CT molecular complexity index is 793. The molecule has 0 unspecified atom stereocenters. The average Bonchev–Trinajstić information content (AvgIpc) is 3.52. The first-order valence-electron chi connectivity index (χ1n) is 9.99. The summed E-state index contributed by atoms with van der Waals surface area (Å²) in [5.74, 6) is 2.71. The second kappa shape index (κ2) is 7.89. The third-order valence-electron chi connectivity index (χ3n) is 4.92. The number of aromatic nitrogens is 3. The van der Waals surface area contributed by atoms with Crippen molar-refractivity contribution in [2.75, 3.05) is 48.3 Å². The minimum absolute atomic E-state index is 0.417. The van der Waals surface area contributed by atoms with E-state index in [1.54, 1.807) is 20.0 Å². The summed E-state index contributed by atoms with van der Waals surface area (Å²) in [5, 5.41) is 19.9. The molecule has 28 heavy (non-hydrogen) atoms. The van der Waals surface area contributed by atoms with Gasteiger partial charge in [-0.2, -0.15) is 0 Å². The zero-order chi connectivity index (χ0) is 19.6. The predicted octanol–water partition coefficient (Wildman–Crippen LogP) is 2.08. The number of nitrogens with one attached hydrogen (secondary N) is 3. The zero-order valence-electron chi connectivity index (χ0n) is 16.6. The molecule has 150 valence electrons. The van der Waals surface area contributed by atoms with Crippen molar-refractivity contribution in [1.82, 2.24) is 20.3 Å². The third-order valence-corrected chi connectivity index (χ3v) is 4.92. The molecule has 1 saturated heterocycles. The second-order valence-electron chi connectivity index (χ2n) is 8.22. The van der Waals surface area contributed by atoms with Gasteiger partial charge in [0.05, 0.1) is 23.7 Å². The summed E-state index contributed by atoms with van der Waals surface area (Å²) in [6.45, 7) is 7.79. The van der Waals surface area contributed by atoms with Crippen molar-refractivity contribution in [2.45, 2.75) is 38.2 Å². The van der Waals surface area contributed by atoms with E-state index >= 15 is 0 Å². The molecule has 4 rings (SSSR count). The summed E-state index contributed by atoms with van der Waals surface area (Å²) in [7, 11) is 0.